The lowest BCUT2D eigenvalue weighted by atomic mass is 10.1. The molecule has 0 amide bonds. The zero-order valence-corrected chi connectivity index (χ0v) is 13.0. The van der Waals surface area contributed by atoms with Gasteiger partial charge in [0, 0.05) is 21.4 Å². The summed E-state index contributed by atoms with van der Waals surface area (Å²) in [6, 6.07) is 6.45. The van der Waals surface area contributed by atoms with E-state index >= 15 is 0 Å². The number of hydrogen-bond acceptors (Lipinski definition) is 2. The Morgan fingerprint density at radius 2 is 2.00 bits per heavy atom. The summed E-state index contributed by atoms with van der Waals surface area (Å²) >= 11 is 4.47. The van der Waals surface area contributed by atoms with Gasteiger partial charge in [-0.15, -0.1) is 11.3 Å². The molecule has 2 aromatic rings. The van der Waals surface area contributed by atoms with Crippen LogP contribution in [-0.4, -0.2) is 7.05 Å². The Kier molecular flexibility index (Phi) is 4.71. The van der Waals surface area contributed by atoms with Crippen LogP contribution in [0, 0.1) is 11.6 Å². The largest absolute Gasteiger partial charge is 0.312 e. The number of rotatable bonds is 4. The molecule has 19 heavy (non-hydrogen) atoms. The summed E-state index contributed by atoms with van der Waals surface area (Å²) in [4.78, 5) is 1.87. The van der Waals surface area contributed by atoms with Gasteiger partial charge in [0.2, 0.25) is 0 Å². The molecule has 0 spiro atoms. The molecule has 1 N–H and O–H groups in total. The van der Waals surface area contributed by atoms with Gasteiger partial charge >= 0.3 is 0 Å². The third kappa shape index (κ3) is 3.04. The van der Waals surface area contributed by atoms with E-state index in [0.717, 1.165) is 16.2 Å². The van der Waals surface area contributed by atoms with Crippen molar-refractivity contribution in [2.75, 3.05) is 7.05 Å². The summed E-state index contributed by atoms with van der Waals surface area (Å²) in [6.07, 6.45) is 0.952. The van der Waals surface area contributed by atoms with Crippen LogP contribution in [0.2, 0.25) is 0 Å². The summed E-state index contributed by atoms with van der Waals surface area (Å²) in [5.74, 6) is -0.869. The highest BCUT2D eigenvalue weighted by Crippen LogP contribution is 2.35. The number of thiophene rings is 1. The fraction of sp³-hybridized carbons (Fsp3) is 0.286. The van der Waals surface area contributed by atoms with Gasteiger partial charge in [0.1, 0.15) is 11.6 Å². The zero-order chi connectivity index (χ0) is 14.0. The second-order valence-electron chi connectivity index (χ2n) is 4.20. The molecule has 0 fully saturated rings. The van der Waals surface area contributed by atoms with Gasteiger partial charge in [-0.05, 0) is 53.7 Å². The van der Waals surface area contributed by atoms with Crippen LogP contribution in [0.15, 0.2) is 28.7 Å². The molecule has 1 unspecified atom stereocenters. The van der Waals surface area contributed by atoms with E-state index in [-0.39, 0.29) is 10.5 Å². The summed E-state index contributed by atoms with van der Waals surface area (Å²) in [6.45, 7) is 2.08. The Bertz CT molecular complexity index is 579. The molecule has 0 radical (unpaired) electrons. The average molecular weight is 346 g/mol. The highest BCUT2D eigenvalue weighted by Gasteiger charge is 2.15. The van der Waals surface area contributed by atoms with E-state index in [1.807, 2.05) is 19.2 Å². The van der Waals surface area contributed by atoms with E-state index in [0.29, 0.717) is 5.56 Å². The van der Waals surface area contributed by atoms with E-state index in [1.165, 1.54) is 23.5 Å². The topological polar surface area (TPSA) is 12.0 Å². The molecule has 0 aliphatic rings. The van der Waals surface area contributed by atoms with Crippen LogP contribution in [0.3, 0.4) is 0 Å². The molecular weight excluding hydrogens is 332 g/mol. The molecule has 0 aliphatic heterocycles. The first-order valence-corrected chi connectivity index (χ1v) is 7.59. The van der Waals surface area contributed by atoms with Gasteiger partial charge < -0.3 is 5.32 Å². The van der Waals surface area contributed by atoms with Crippen LogP contribution in [0.4, 0.5) is 8.78 Å². The summed E-state index contributed by atoms with van der Waals surface area (Å²) < 4.78 is 27.6. The molecule has 1 atom stereocenters. The van der Waals surface area contributed by atoms with E-state index in [1.54, 1.807) is 0 Å². The van der Waals surface area contributed by atoms with Crippen LogP contribution in [0.1, 0.15) is 24.3 Å². The van der Waals surface area contributed by atoms with E-state index in [9.17, 15) is 8.78 Å². The lowest BCUT2D eigenvalue weighted by Gasteiger charge is -2.10. The maximum Gasteiger partial charge on any atom is 0.138 e. The van der Waals surface area contributed by atoms with Crippen molar-refractivity contribution in [3.8, 4) is 10.4 Å². The Morgan fingerprint density at radius 3 is 2.63 bits per heavy atom. The van der Waals surface area contributed by atoms with Crippen molar-refractivity contribution in [2.24, 2.45) is 0 Å². The molecule has 0 bridgehead atoms. The predicted octanol–water partition coefficient (Wildman–Crippen LogP) is 5.13. The molecule has 1 aromatic carbocycles. The van der Waals surface area contributed by atoms with Crippen molar-refractivity contribution in [3.05, 3.63) is 45.2 Å². The summed E-state index contributed by atoms with van der Waals surface area (Å²) in [7, 11) is 1.90. The smallest absolute Gasteiger partial charge is 0.138 e. The molecule has 1 heterocycles. The van der Waals surface area contributed by atoms with E-state index in [2.05, 4.69) is 28.2 Å². The number of halogens is 3. The molecule has 0 saturated heterocycles. The average Bonchev–Trinajstić information content (AvgIpc) is 2.85. The van der Waals surface area contributed by atoms with Crippen molar-refractivity contribution in [1.29, 1.82) is 0 Å². The second-order valence-corrected chi connectivity index (χ2v) is 6.17. The van der Waals surface area contributed by atoms with Gasteiger partial charge in [0.25, 0.3) is 0 Å². The first-order valence-electron chi connectivity index (χ1n) is 5.98. The Balaban J connectivity index is 2.40. The van der Waals surface area contributed by atoms with Crippen molar-refractivity contribution in [1.82, 2.24) is 5.32 Å². The second kappa shape index (κ2) is 6.11. The summed E-state index contributed by atoms with van der Waals surface area (Å²) in [5, 5.41) is 3.20. The monoisotopic (exact) mass is 345 g/mol. The van der Waals surface area contributed by atoms with E-state index < -0.39 is 11.6 Å². The van der Waals surface area contributed by atoms with Crippen LogP contribution >= 0.6 is 27.3 Å². The fourth-order valence-electron chi connectivity index (χ4n) is 1.94. The molecule has 1 nitrogen and oxygen atoms in total. The van der Waals surface area contributed by atoms with Crippen molar-refractivity contribution in [3.63, 3.8) is 0 Å². The van der Waals surface area contributed by atoms with Gasteiger partial charge in [-0.1, -0.05) is 6.92 Å². The highest BCUT2D eigenvalue weighted by atomic mass is 79.9. The highest BCUT2D eigenvalue weighted by molar-refractivity contribution is 9.10. The Morgan fingerprint density at radius 1 is 1.26 bits per heavy atom. The first kappa shape index (κ1) is 14.6. The molecule has 102 valence electrons. The van der Waals surface area contributed by atoms with E-state index in [4.69, 9.17) is 0 Å². The predicted molar refractivity (Wildman–Crippen MR) is 79.5 cm³/mol. The van der Waals surface area contributed by atoms with Crippen LogP contribution in [0.5, 0.6) is 0 Å². The normalized spacial score (nSPS) is 12.7. The first-order chi connectivity index (χ1) is 9.06. The summed E-state index contributed by atoms with van der Waals surface area (Å²) in [5.41, 5.74) is 0.308. The molecule has 5 heteroatoms. The molecular formula is C14H14BrF2NS. The van der Waals surface area contributed by atoms with Crippen molar-refractivity contribution < 1.29 is 8.78 Å². The Labute approximate surface area is 123 Å². The number of benzene rings is 1. The maximum atomic E-state index is 13.9. The quantitative estimate of drug-likeness (QED) is 0.757. The minimum Gasteiger partial charge on any atom is -0.312 e. The van der Waals surface area contributed by atoms with Crippen LogP contribution in [-0.2, 0) is 0 Å². The molecule has 2 rings (SSSR count). The Hall–Kier alpha value is -0.780. The fourth-order valence-corrected chi connectivity index (χ4v) is 3.48. The van der Waals surface area contributed by atoms with Gasteiger partial charge in [-0.2, -0.15) is 0 Å². The zero-order valence-electron chi connectivity index (χ0n) is 10.6. The maximum absolute atomic E-state index is 13.9. The molecule has 0 saturated carbocycles. The van der Waals surface area contributed by atoms with Gasteiger partial charge in [0.15, 0.2) is 0 Å². The van der Waals surface area contributed by atoms with Crippen molar-refractivity contribution >= 4 is 27.3 Å². The van der Waals surface area contributed by atoms with Gasteiger partial charge in [0.05, 0.1) is 4.47 Å². The van der Waals surface area contributed by atoms with Gasteiger partial charge in [-0.3, -0.25) is 0 Å². The lowest BCUT2D eigenvalue weighted by Crippen LogP contribution is -2.13. The standard InChI is InChI=1S/C14H14BrF2NS/c1-3-12(18-2)14-5-4-13(19-14)8-6-11(17)9(15)7-10(8)16/h4-7,12,18H,3H2,1-2H3. The minimum atomic E-state index is -0.452. The SMILES string of the molecule is CCC(NC)c1ccc(-c2cc(F)c(Br)cc2F)s1. The molecule has 1 aromatic heterocycles. The third-order valence-electron chi connectivity index (χ3n) is 3.00. The minimum absolute atomic E-state index is 0.146. The third-order valence-corrected chi connectivity index (χ3v) is 4.84. The molecule has 0 aliphatic carbocycles. The van der Waals surface area contributed by atoms with Crippen LogP contribution < -0.4 is 5.32 Å². The van der Waals surface area contributed by atoms with Crippen LogP contribution in [0.25, 0.3) is 10.4 Å². The number of hydrogen-bond donors (Lipinski definition) is 1. The lowest BCUT2D eigenvalue weighted by molar-refractivity contribution is 0.586. The van der Waals surface area contributed by atoms with Gasteiger partial charge in [-0.25, -0.2) is 8.78 Å². The van der Waals surface area contributed by atoms with Crippen molar-refractivity contribution in [2.45, 2.75) is 19.4 Å². The number of nitrogens with one attached hydrogen (secondary N) is 1.